The highest BCUT2D eigenvalue weighted by Crippen LogP contribution is 2.35. The standard InChI is InChI=1S/C15H15ClN2O6S/c1-22-11-7-9(15(19)24-3)10(8-12(11)23-2)18-25(20,21)13-5-4-6-17-14(13)16/h4-8,18H,1-3H3. The maximum Gasteiger partial charge on any atom is 0.340 e. The van der Waals surface area contributed by atoms with Crippen molar-refractivity contribution in [2.75, 3.05) is 26.1 Å². The second-order valence-corrected chi connectivity index (χ2v) is 6.65. The number of nitrogens with one attached hydrogen (secondary N) is 1. The molecule has 0 atom stereocenters. The number of aromatic nitrogens is 1. The van der Waals surface area contributed by atoms with E-state index in [1.807, 2.05) is 0 Å². The topological polar surface area (TPSA) is 104 Å². The van der Waals surface area contributed by atoms with Crippen molar-refractivity contribution < 1.29 is 27.4 Å². The normalized spacial score (nSPS) is 10.9. The summed E-state index contributed by atoms with van der Waals surface area (Å²) in [6, 6.07) is 5.34. The minimum absolute atomic E-state index is 0.0515. The first kappa shape index (κ1) is 18.8. The number of rotatable bonds is 6. The van der Waals surface area contributed by atoms with E-state index in [-0.39, 0.29) is 32.8 Å². The van der Waals surface area contributed by atoms with Gasteiger partial charge < -0.3 is 14.2 Å². The van der Waals surface area contributed by atoms with E-state index in [0.717, 1.165) is 0 Å². The van der Waals surface area contributed by atoms with Crippen molar-refractivity contribution in [1.29, 1.82) is 0 Å². The molecule has 2 rings (SSSR count). The Morgan fingerprint density at radius 2 is 1.80 bits per heavy atom. The highest BCUT2D eigenvalue weighted by atomic mass is 35.5. The second kappa shape index (κ2) is 7.58. The van der Waals surface area contributed by atoms with E-state index in [1.165, 1.54) is 51.8 Å². The Morgan fingerprint density at radius 1 is 1.16 bits per heavy atom. The van der Waals surface area contributed by atoms with Crippen molar-refractivity contribution in [2.24, 2.45) is 0 Å². The van der Waals surface area contributed by atoms with Crippen LogP contribution in [0.1, 0.15) is 10.4 Å². The molecule has 1 heterocycles. The Balaban J connectivity index is 2.58. The monoisotopic (exact) mass is 386 g/mol. The lowest BCUT2D eigenvalue weighted by molar-refractivity contribution is 0.0601. The van der Waals surface area contributed by atoms with Crippen LogP contribution in [0, 0.1) is 0 Å². The molecule has 1 aromatic carbocycles. The van der Waals surface area contributed by atoms with Gasteiger partial charge in [-0.05, 0) is 12.1 Å². The number of nitrogens with zero attached hydrogens (tertiary/aromatic N) is 1. The molecule has 0 aliphatic carbocycles. The van der Waals surface area contributed by atoms with E-state index in [4.69, 9.17) is 21.1 Å². The van der Waals surface area contributed by atoms with Crippen LogP contribution in [0.25, 0.3) is 0 Å². The zero-order valence-electron chi connectivity index (χ0n) is 13.6. The Bertz CT molecular complexity index is 901. The minimum atomic E-state index is -4.10. The van der Waals surface area contributed by atoms with Crippen LogP contribution in [0.4, 0.5) is 5.69 Å². The van der Waals surface area contributed by atoms with Gasteiger partial charge in [-0.25, -0.2) is 18.2 Å². The van der Waals surface area contributed by atoms with Crippen LogP contribution in [0.3, 0.4) is 0 Å². The lowest BCUT2D eigenvalue weighted by Crippen LogP contribution is -2.17. The summed E-state index contributed by atoms with van der Waals surface area (Å²) in [6.45, 7) is 0. The molecule has 0 unspecified atom stereocenters. The van der Waals surface area contributed by atoms with Gasteiger partial charge in [0.15, 0.2) is 11.5 Å². The highest BCUT2D eigenvalue weighted by Gasteiger charge is 2.24. The molecule has 0 saturated carbocycles. The predicted molar refractivity (Wildman–Crippen MR) is 90.9 cm³/mol. The van der Waals surface area contributed by atoms with Gasteiger partial charge in [0.2, 0.25) is 0 Å². The van der Waals surface area contributed by atoms with Gasteiger partial charge in [-0.2, -0.15) is 0 Å². The molecule has 1 N–H and O–H groups in total. The summed E-state index contributed by atoms with van der Waals surface area (Å²) in [7, 11) is -0.158. The Labute approximate surface area is 149 Å². The lowest BCUT2D eigenvalue weighted by Gasteiger charge is -2.15. The summed E-state index contributed by atoms with van der Waals surface area (Å²) in [4.78, 5) is 15.5. The SMILES string of the molecule is COC(=O)c1cc(OC)c(OC)cc1NS(=O)(=O)c1cccnc1Cl. The molecule has 0 spiro atoms. The molecule has 0 aliphatic rings. The number of methoxy groups -OCH3 is 3. The zero-order valence-corrected chi connectivity index (χ0v) is 15.1. The molecular weight excluding hydrogens is 372 g/mol. The van der Waals surface area contributed by atoms with Gasteiger partial charge in [-0.1, -0.05) is 11.6 Å². The molecule has 8 nitrogen and oxygen atoms in total. The smallest absolute Gasteiger partial charge is 0.340 e. The van der Waals surface area contributed by atoms with Crippen molar-refractivity contribution in [3.63, 3.8) is 0 Å². The molecule has 134 valence electrons. The summed E-state index contributed by atoms with van der Waals surface area (Å²) in [5.41, 5.74) is -0.104. The maximum absolute atomic E-state index is 12.6. The van der Waals surface area contributed by atoms with Gasteiger partial charge in [-0.15, -0.1) is 0 Å². The highest BCUT2D eigenvalue weighted by molar-refractivity contribution is 7.92. The van der Waals surface area contributed by atoms with Crippen molar-refractivity contribution in [3.8, 4) is 11.5 Å². The van der Waals surface area contributed by atoms with Crippen molar-refractivity contribution in [1.82, 2.24) is 4.98 Å². The third kappa shape index (κ3) is 3.94. The first-order chi connectivity index (χ1) is 11.8. The number of carbonyl (C=O) groups is 1. The number of sulfonamides is 1. The Hall–Kier alpha value is -2.52. The third-order valence-corrected chi connectivity index (χ3v) is 5.00. The van der Waals surface area contributed by atoms with E-state index in [1.54, 1.807) is 0 Å². The first-order valence-corrected chi connectivity index (χ1v) is 8.67. The fourth-order valence-electron chi connectivity index (χ4n) is 2.01. The van der Waals surface area contributed by atoms with Crippen molar-refractivity contribution in [3.05, 3.63) is 41.2 Å². The van der Waals surface area contributed by atoms with E-state index in [9.17, 15) is 13.2 Å². The van der Waals surface area contributed by atoms with Crippen LogP contribution in [0.15, 0.2) is 35.4 Å². The number of ether oxygens (including phenoxy) is 3. The zero-order chi connectivity index (χ0) is 18.6. The average molecular weight is 387 g/mol. The number of halogens is 1. The average Bonchev–Trinajstić information content (AvgIpc) is 2.60. The van der Waals surface area contributed by atoms with E-state index in [2.05, 4.69) is 14.4 Å². The largest absolute Gasteiger partial charge is 0.493 e. The van der Waals surface area contributed by atoms with Gasteiger partial charge in [0.05, 0.1) is 32.6 Å². The third-order valence-electron chi connectivity index (χ3n) is 3.19. The number of esters is 1. The maximum atomic E-state index is 12.6. The lowest BCUT2D eigenvalue weighted by atomic mass is 10.1. The van der Waals surface area contributed by atoms with Crippen molar-refractivity contribution in [2.45, 2.75) is 4.90 Å². The van der Waals surface area contributed by atoms with Crippen LogP contribution in [0.5, 0.6) is 11.5 Å². The molecule has 25 heavy (non-hydrogen) atoms. The molecule has 0 radical (unpaired) electrons. The van der Waals surface area contributed by atoms with Crippen LogP contribution in [-0.4, -0.2) is 40.7 Å². The van der Waals surface area contributed by atoms with Gasteiger partial charge >= 0.3 is 5.97 Å². The van der Waals surface area contributed by atoms with E-state index >= 15 is 0 Å². The van der Waals surface area contributed by atoms with Crippen molar-refractivity contribution >= 4 is 33.3 Å². The number of anilines is 1. The molecule has 1 aromatic heterocycles. The number of pyridine rings is 1. The molecule has 0 fully saturated rings. The molecule has 0 bridgehead atoms. The molecule has 10 heteroatoms. The van der Waals surface area contributed by atoms with E-state index in [0.29, 0.717) is 0 Å². The van der Waals surface area contributed by atoms with Gasteiger partial charge in [0.1, 0.15) is 10.0 Å². The summed E-state index contributed by atoms with van der Waals surface area (Å²) < 4.78 is 42.4. The van der Waals surface area contributed by atoms with Crippen LogP contribution < -0.4 is 14.2 Å². The van der Waals surface area contributed by atoms with E-state index < -0.39 is 16.0 Å². The quantitative estimate of drug-likeness (QED) is 0.600. The minimum Gasteiger partial charge on any atom is -0.493 e. The molecule has 0 amide bonds. The Morgan fingerprint density at radius 3 is 2.36 bits per heavy atom. The summed E-state index contributed by atoms with van der Waals surface area (Å²) >= 11 is 5.84. The van der Waals surface area contributed by atoms with Gasteiger partial charge in [-0.3, -0.25) is 4.72 Å². The molecular formula is C15H15ClN2O6S. The number of carbonyl (C=O) groups excluding carboxylic acids is 1. The summed E-state index contributed by atoms with van der Waals surface area (Å²) in [5.74, 6) is -0.286. The summed E-state index contributed by atoms with van der Waals surface area (Å²) in [6.07, 6.45) is 1.36. The molecule has 2 aromatic rings. The first-order valence-electron chi connectivity index (χ1n) is 6.81. The van der Waals surface area contributed by atoms with Gasteiger partial charge in [0, 0.05) is 18.3 Å². The number of hydrogen-bond acceptors (Lipinski definition) is 7. The van der Waals surface area contributed by atoms with Gasteiger partial charge in [0.25, 0.3) is 10.0 Å². The second-order valence-electron chi connectivity index (χ2n) is 4.64. The number of benzene rings is 1. The predicted octanol–water partition coefficient (Wildman–Crippen LogP) is 2.34. The number of hydrogen-bond donors (Lipinski definition) is 1. The Kier molecular flexibility index (Phi) is 5.70. The van der Waals surface area contributed by atoms with Crippen LogP contribution in [-0.2, 0) is 14.8 Å². The van der Waals surface area contributed by atoms with Crippen LogP contribution in [0.2, 0.25) is 5.15 Å². The molecule has 0 saturated heterocycles. The fraction of sp³-hybridized carbons (Fsp3) is 0.200. The van der Waals surface area contributed by atoms with Crippen LogP contribution >= 0.6 is 11.6 Å². The fourth-order valence-corrected chi connectivity index (χ4v) is 3.54. The summed E-state index contributed by atoms with van der Waals surface area (Å²) in [5, 5.41) is -0.199. The molecule has 0 aliphatic heterocycles.